The van der Waals surface area contributed by atoms with Gasteiger partial charge < -0.3 is 0 Å². The van der Waals surface area contributed by atoms with E-state index in [0.29, 0.717) is 22.5 Å². The number of sulfone groups is 1. The van der Waals surface area contributed by atoms with E-state index in [2.05, 4.69) is 51.7 Å². The number of aromatic nitrogens is 2. The Bertz CT molecular complexity index is 1480. The van der Waals surface area contributed by atoms with Crippen molar-refractivity contribution in [1.82, 2.24) is 14.7 Å². The molecule has 4 aromatic rings. The third-order valence-corrected chi connectivity index (χ3v) is 8.65. The van der Waals surface area contributed by atoms with E-state index >= 15 is 0 Å². The normalized spacial score (nSPS) is 12.6. The molecule has 0 unspecified atom stereocenters. The lowest BCUT2D eigenvalue weighted by Crippen LogP contribution is -2.45. The van der Waals surface area contributed by atoms with Crippen LogP contribution in [-0.4, -0.2) is 40.9 Å². The van der Waals surface area contributed by atoms with E-state index in [1.807, 2.05) is 41.1 Å². The predicted molar refractivity (Wildman–Crippen MR) is 151 cm³/mol. The molecule has 0 N–H and O–H groups in total. The first-order valence-corrected chi connectivity index (χ1v) is 14.9. The van der Waals surface area contributed by atoms with Crippen molar-refractivity contribution in [3.05, 3.63) is 77.4 Å². The van der Waals surface area contributed by atoms with Gasteiger partial charge in [0.2, 0.25) is 0 Å². The largest absolute Gasteiger partial charge is 0.290 e. The average Bonchev–Trinajstić information content (AvgIpc) is 3.44. The van der Waals surface area contributed by atoms with Gasteiger partial charge in [0.25, 0.3) is 0 Å². The van der Waals surface area contributed by atoms with Gasteiger partial charge in [-0.05, 0) is 82.6 Å². The van der Waals surface area contributed by atoms with Crippen LogP contribution in [0, 0.1) is 0 Å². The van der Waals surface area contributed by atoms with E-state index in [-0.39, 0.29) is 5.54 Å². The maximum absolute atomic E-state index is 12.1. The minimum atomic E-state index is -3.28. The third-order valence-electron chi connectivity index (χ3n) is 6.06. The molecule has 2 heterocycles. The summed E-state index contributed by atoms with van der Waals surface area (Å²) in [4.78, 5) is 4.75. The van der Waals surface area contributed by atoms with Gasteiger partial charge in [-0.2, -0.15) is 5.10 Å². The molecule has 4 rings (SSSR count). The Labute approximate surface area is 223 Å². The zero-order valence-corrected chi connectivity index (χ0v) is 23.9. The molecule has 0 atom stereocenters. The van der Waals surface area contributed by atoms with Crippen molar-refractivity contribution in [2.45, 2.75) is 57.6 Å². The highest BCUT2D eigenvalue weighted by atomic mass is 35.5. The lowest BCUT2D eigenvalue weighted by atomic mass is 10.0. The Morgan fingerprint density at radius 3 is 2.33 bits per heavy atom. The van der Waals surface area contributed by atoms with Crippen LogP contribution < -0.4 is 0 Å². The molecule has 0 saturated carbocycles. The molecule has 5 nitrogen and oxygen atoms in total. The quantitative estimate of drug-likeness (QED) is 0.246. The SMILES string of the molecule is CC(C)N(Cc1cc(-c2ccc(-c3cccc(S(C)(=O)=O)c3)s2)n(-c2ccccc2Cl)n1)C(C)(C)C. The second-order valence-corrected chi connectivity index (χ2v) is 13.7. The summed E-state index contributed by atoms with van der Waals surface area (Å²) in [6.45, 7) is 11.8. The Hall–Kier alpha value is -2.45. The van der Waals surface area contributed by atoms with Gasteiger partial charge >= 0.3 is 0 Å². The van der Waals surface area contributed by atoms with Crippen LogP contribution in [0.25, 0.3) is 26.7 Å². The molecule has 0 amide bonds. The number of halogens is 1. The highest BCUT2D eigenvalue weighted by molar-refractivity contribution is 7.90. The molecule has 0 bridgehead atoms. The first-order chi connectivity index (χ1) is 16.8. The van der Waals surface area contributed by atoms with Crippen LogP contribution in [0.4, 0.5) is 0 Å². The molecule has 0 spiro atoms. The van der Waals surface area contributed by atoms with Gasteiger partial charge in [-0.3, -0.25) is 4.90 Å². The monoisotopic (exact) mass is 541 g/mol. The van der Waals surface area contributed by atoms with Crippen LogP contribution in [0.15, 0.2) is 71.6 Å². The first kappa shape index (κ1) is 26.6. The number of benzene rings is 2. The van der Waals surface area contributed by atoms with Crippen LogP contribution in [0.2, 0.25) is 5.02 Å². The average molecular weight is 542 g/mol. The molecule has 2 aromatic heterocycles. The van der Waals surface area contributed by atoms with Crippen molar-refractivity contribution < 1.29 is 8.42 Å². The van der Waals surface area contributed by atoms with Crippen LogP contribution in [0.3, 0.4) is 0 Å². The topological polar surface area (TPSA) is 55.2 Å². The van der Waals surface area contributed by atoms with Crippen LogP contribution in [-0.2, 0) is 16.4 Å². The smallest absolute Gasteiger partial charge is 0.175 e. The second kappa shape index (κ2) is 10.1. The fourth-order valence-corrected chi connectivity index (χ4v) is 6.26. The molecule has 0 saturated heterocycles. The van der Waals surface area contributed by atoms with Gasteiger partial charge in [0.05, 0.1) is 31.9 Å². The number of para-hydroxylation sites is 1. The molecule has 0 aliphatic heterocycles. The summed E-state index contributed by atoms with van der Waals surface area (Å²) >= 11 is 8.20. The first-order valence-electron chi connectivity index (χ1n) is 11.9. The Morgan fingerprint density at radius 1 is 1.00 bits per heavy atom. The van der Waals surface area contributed by atoms with E-state index in [4.69, 9.17) is 16.7 Å². The number of hydrogen-bond acceptors (Lipinski definition) is 5. The van der Waals surface area contributed by atoms with E-state index in [9.17, 15) is 8.42 Å². The molecular formula is C28H32ClN3O2S2. The summed E-state index contributed by atoms with van der Waals surface area (Å²) in [6.07, 6.45) is 1.23. The standard InChI is InChI=1S/C28H32ClN3O2S2/c1-19(2)31(28(3,4)5)18-21-17-25(32(30-21)24-13-8-7-12-23(24)29)27-15-14-26(35-27)20-10-9-11-22(16-20)36(6,33)34/h7-17,19H,18H2,1-6H3. The molecule has 0 fully saturated rings. The second-order valence-electron chi connectivity index (χ2n) is 10.2. The molecule has 190 valence electrons. The van der Waals surface area contributed by atoms with Gasteiger partial charge in [0.1, 0.15) is 0 Å². The minimum Gasteiger partial charge on any atom is -0.290 e. The number of thiophene rings is 1. The summed E-state index contributed by atoms with van der Waals surface area (Å²) in [7, 11) is -3.28. The Kier molecular flexibility index (Phi) is 7.49. The van der Waals surface area contributed by atoms with E-state index in [1.54, 1.807) is 29.5 Å². The summed E-state index contributed by atoms with van der Waals surface area (Å²) in [5.74, 6) is 0. The third kappa shape index (κ3) is 5.75. The Morgan fingerprint density at radius 2 is 1.69 bits per heavy atom. The minimum absolute atomic E-state index is 0.0107. The van der Waals surface area contributed by atoms with Crippen molar-refractivity contribution in [2.24, 2.45) is 0 Å². The molecule has 0 aliphatic carbocycles. The highest BCUT2D eigenvalue weighted by Gasteiger charge is 2.26. The maximum atomic E-state index is 12.1. The van der Waals surface area contributed by atoms with Crippen LogP contribution in [0.1, 0.15) is 40.3 Å². The predicted octanol–water partition coefficient (Wildman–Crippen LogP) is 7.33. The van der Waals surface area contributed by atoms with Gasteiger partial charge in [0.15, 0.2) is 9.84 Å². The lowest BCUT2D eigenvalue weighted by Gasteiger charge is -2.38. The van der Waals surface area contributed by atoms with Crippen LogP contribution in [0.5, 0.6) is 0 Å². The summed E-state index contributed by atoms with van der Waals surface area (Å²) in [5.41, 5.74) is 3.59. The fraction of sp³-hybridized carbons (Fsp3) is 0.321. The molecular weight excluding hydrogens is 510 g/mol. The van der Waals surface area contributed by atoms with Gasteiger partial charge in [-0.15, -0.1) is 11.3 Å². The molecule has 2 aromatic carbocycles. The molecule has 36 heavy (non-hydrogen) atoms. The number of rotatable bonds is 7. The van der Waals surface area contributed by atoms with E-state index < -0.39 is 9.84 Å². The van der Waals surface area contributed by atoms with Gasteiger partial charge in [-0.25, -0.2) is 13.1 Å². The van der Waals surface area contributed by atoms with E-state index in [0.717, 1.165) is 32.4 Å². The Balaban J connectivity index is 1.80. The number of nitrogens with zero attached hydrogens (tertiary/aromatic N) is 3. The molecule has 0 radical (unpaired) electrons. The summed E-state index contributed by atoms with van der Waals surface area (Å²) < 4.78 is 26.0. The summed E-state index contributed by atoms with van der Waals surface area (Å²) in [6, 6.07) is 21.4. The zero-order chi connectivity index (χ0) is 26.3. The summed E-state index contributed by atoms with van der Waals surface area (Å²) in [5, 5.41) is 5.63. The van der Waals surface area contributed by atoms with Crippen LogP contribution >= 0.6 is 22.9 Å². The molecule has 0 aliphatic rings. The van der Waals surface area contributed by atoms with Gasteiger partial charge in [-0.1, -0.05) is 35.9 Å². The van der Waals surface area contributed by atoms with Crippen molar-refractivity contribution in [1.29, 1.82) is 0 Å². The maximum Gasteiger partial charge on any atom is 0.175 e. The van der Waals surface area contributed by atoms with Crippen molar-refractivity contribution in [3.63, 3.8) is 0 Å². The van der Waals surface area contributed by atoms with Crippen molar-refractivity contribution in [3.8, 4) is 26.7 Å². The fourth-order valence-electron chi connectivity index (χ4n) is 4.37. The van der Waals surface area contributed by atoms with Gasteiger partial charge in [0, 0.05) is 29.3 Å². The van der Waals surface area contributed by atoms with E-state index in [1.165, 1.54) is 6.26 Å². The highest BCUT2D eigenvalue weighted by Crippen LogP contribution is 2.37. The molecule has 8 heteroatoms. The zero-order valence-electron chi connectivity index (χ0n) is 21.5. The van der Waals surface area contributed by atoms with Crippen molar-refractivity contribution >= 4 is 32.8 Å². The van der Waals surface area contributed by atoms with Crippen molar-refractivity contribution in [2.75, 3.05) is 6.26 Å². The lowest BCUT2D eigenvalue weighted by molar-refractivity contribution is 0.0884. The number of hydrogen-bond donors (Lipinski definition) is 0.